The Morgan fingerprint density at radius 2 is 2.37 bits per heavy atom. The third kappa shape index (κ3) is 3.62. The summed E-state index contributed by atoms with van der Waals surface area (Å²) in [5, 5.41) is 0. The first-order valence-corrected chi connectivity index (χ1v) is 5.86. The lowest BCUT2D eigenvalue weighted by Crippen LogP contribution is -2.33. The van der Waals surface area contributed by atoms with Crippen molar-refractivity contribution in [1.82, 2.24) is 14.9 Å². The van der Waals surface area contributed by atoms with Crippen molar-refractivity contribution in [2.45, 2.75) is 6.54 Å². The van der Waals surface area contributed by atoms with Crippen molar-refractivity contribution >= 4 is 5.91 Å². The summed E-state index contributed by atoms with van der Waals surface area (Å²) in [6, 6.07) is 1.82. The first kappa shape index (κ1) is 13.2. The Kier molecular flexibility index (Phi) is 4.63. The summed E-state index contributed by atoms with van der Waals surface area (Å²) in [6.07, 6.45) is 7.68. The van der Waals surface area contributed by atoms with Crippen molar-refractivity contribution in [3.8, 4) is 0 Å². The molecule has 2 aromatic rings. The Hall–Kier alpha value is -2.21. The quantitative estimate of drug-likeness (QED) is 0.785. The molecule has 0 radical (unpaired) electrons. The highest BCUT2D eigenvalue weighted by atomic mass is 16.5. The fraction of sp³-hybridized carbons (Fsp3) is 0.308. The first-order valence-electron chi connectivity index (χ1n) is 5.86. The lowest BCUT2D eigenvalue weighted by Gasteiger charge is -2.21. The summed E-state index contributed by atoms with van der Waals surface area (Å²) in [5.41, 5.74) is 1.25. The minimum Gasteiger partial charge on any atom is -0.472 e. The summed E-state index contributed by atoms with van der Waals surface area (Å²) in [6.45, 7) is 1.40. The minimum absolute atomic E-state index is 0.175. The molecule has 0 atom stereocenters. The molecule has 2 heterocycles. The van der Waals surface area contributed by atoms with E-state index in [1.165, 1.54) is 18.6 Å². The molecule has 6 heteroatoms. The van der Waals surface area contributed by atoms with E-state index in [9.17, 15) is 4.79 Å². The van der Waals surface area contributed by atoms with E-state index >= 15 is 0 Å². The maximum absolute atomic E-state index is 12.3. The molecular weight excluding hydrogens is 246 g/mol. The molecule has 0 saturated heterocycles. The Morgan fingerprint density at radius 3 is 3.00 bits per heavy atom. The van der Waals surface area contributed by atoms with Gasteiger partial charge in [-0.3, -0.25) is 9.78 Å². The molecule has 0 aromatic carbocycles. The minimum atomic E-state index is -0.175. The molecule has 100 valence electrons. The lowest BCUT2D eigenvalue weighted by molar-refractivity contribution is 0.0674. The van der Waals surface area contributed by atoms with Gasteiger partial charge in [-0.1, -0.05) is 0 Å². The van der Waals surface area contributed by atoms with Crippen molar-refractivity contribution < 1.29 is 13.9 Å². The number of rotatable bonds is 6. The predicted molar refractivity (Wildman–Crippen MR) is 67.4 cm³/mol. The third-order valence-corrected chi connectivity index (χ3v) is 2.59. The van der Waals surface area contributed by atoms with Crippen LogP contribution in [0, 0.1) is 0 Å². The second kappa shape index (κ2) is 6.65. The van der Waals surface area contributed by atoms with E-state index in [4.69, 9.17) is 9.15 Å². The maximum atomic E-state index is 12.3. The summed E-state index contributed by atoms with van der Waals surface area (Å²) < 4.78 is 10.0. The number of carbonyl (C=O) groups excluding carboxylic acids is 1. The number of amides is 1. The Balaban J connectivity index is 2.10. The van der Waals surface area contributed by atoms with Crippen molar-refractivity contribution in [3.05, 3.63) is 48.4 Å². The smallest absolute Gasteiger partial charge is 0.274 e. The Labute approximate surface area is 111 Å². The van der Waals surface area contributed by atoms with Crippen LogP contribution in [-0.2, 0) is 11.3 Å². The molecule has 0 bridgehead atoms. The molecule has 2 rings (SSSR count). The predicted octanol–water partition coefficient (Wildman–Crippen LogP) is 1.36. The van der Waals surface area contributed by atoms with E-state index in [1.807, 2.05) is 6.07 Å². The number of hydrogen-bond donors (Lipinski definition) is 0. The molecule has 2 aromatic heterocycles. The van der Waals surface area contributed by atoms with Crippen LogP contribution in [0.3, 0.4) is 0 Å². The van der Waals surface area contributed by atoms with Crippen LogP contribution < -0.4 is 0 Å². The number of methoxy groups -OCH3 is 1. The van der Waals surface area contributed by atoms with Crippen LogP contribution in [-0.4, -0.2) is 41.0 Å². The topological polar surface area (TPSA) is 68.5 Å². The SMILES string of the molecule is COCCN(Cc1ccoc1)C(=O)c1cnccn1. The van der Waals surface area contributed by atoms with Crippen molar-refractivity contribution in [3.63, 3.8) is 0 Å². The molecule has 0 spiro atoms. The second-order valence-corrected chi connectivity index (χ2v) is 3.94. The van der Waals surface area contributed by atoms with Crippen molar-refractivity contribution in [2.75, 3.05) is 20.3 Å². The van der Waals surface area contributed by atoms with Gasteiger partial charge in [-0.25, -0.2) is 4.98 Å². The highest BCUT2D eigenvalue weighted by molar-refractivity contribution is 5.91. The van der Waals surface area contributed by atoms with E-state index in [0.29, 0.717) is 25.4 Å². The van der Waals surface area contributed by atoms with Gasteiger partial charge < -0.3 is 14.1 Å². The van der Waals surface area contributed by atoms with Crippen LogP contribution in [0.1, 0.15) is 16.1 Å². The van der Waals surface area contributed by atoms with Crippen LogP contribution in [0.5, 0.6) is 0 Å². The largest absolute Gasteiger partial charge is 0.472 e. The number of carbonyl (C=O) groups is 1. The summed E-state index contributed by atoms with van der Waals surface area (Å²) in [5.74, 6) is -0.175. The average Bonchev–Trinajstić information content (AvgIpc) is 2.96. The molecular formula is C13H15N3O3. The molecule has 0 aliphatic carbocycles. The van der Waals surface area contributed by atoms with Gasteiger partial charge in [0, 0.05) is 38.2 Å². The van der Waals surface area contributed by atoms with Gasteiger partial charge in [0.05, 0.1) is 25.3 Å². The first-order chi connectivity index (χ1) is 9.31. The second-order valence-electron chi connectivity index (χ2n) is 3.94. The fourth-order valence-corrected chi connectivity index (χ4v) is 1.63. The summed E-state index contributed by atoms with van der Waals surface area (Å²) in [7, 11) is 1.60. The van der Waals surface area contributed by atoms with Gasteiger partial charge in [0.15, 0.2) is 0 Å². The summed E-state index contributed by atoms with van der Waals surface area (Å²) >= 11 is 0. The Bertz CT molecular complexity index is 499. The van der Waals surface area contributed by atoms with Gasteiger partial charge in [-0.05, 0) is 6.07 Å². The Morgan fingerprint density at radius 1 is 1.47 bits per heavy atom. The fourth-order valence-electron chi connectivity index (χ4n) is 1.63. The highest BCUT2D eigenvalue weighted by Crippen LogP contribution is 2.08. The number of ether oxygens (including phenoxy) is 1. The number of hydrogen-bond acceptors (Lipinski definition) is 5. The molecule has 0 aliphatic heterocycles. The van der Waals surface area contributed by atoms with Crippen LogP contribution >= 0.6 is 0 Å². The molecule has 0 fully saturated rings. The molecule has 0 aliphatic rings. The van der Waals surface area contributed by atoms with E-state index in [1.54, 1.807) is 24.5 Å². The van der Waals surface area contributed by atoms with Crippen molar-refractivity contribution in [2.24, 2.45) is 0 Å². The normalized spacial score (nSPS) is 10.4. The number of aromatic nitrogens is 2. The maximum Gasteiger partial charge on any atom is 0.274 e. The molecule has 0 saturated carbocycles. The van der Waals surface area contributed by atoms with Gasteiger partial charge in [-0.2, -0.15) is 0 Å². The zero-order valence-corrected chi connectivity index (χ0v) is 10.7. The zero-order chi connectivity index (χ0) is 13.5. The van der Waals surface area contributed by atoms with E-state index in [2.05, 4.69) is 9.97 Å². The van der Waals surface area contributed by atoms with E-state index in [-0.39, 0.29) is 5.91 Å². The summed E-state index contributed by atoms with van der Waals surface area (Å²) in [4.78, 5) is 21.9. The number of furan rings is 1. The average molecular weight is 261 g/mol. The molecule has 19 heavy (non-hydrogen) atoms. The monoisotopic (exact) mass is 261 g/mol. The van der Waals surface area contributed by atoms with Gasteiger partial charge in [0.1, 0.15) is 5.69 Å². The van der Waals surface area contributed by atoms with Crippen LogP contribution in [0.15, 0.2) is 41.6 Å². The van der Waals surface area contributed by atoms with Gasteiger partial charge in [-0.15, -0.1) is 0 Å². The zero-order valence-electron chi connectivity index (χ0n) is 10.7. The van der Waals surface area contributed by atoms with E-state index in [0.717, 1.165) is 5.56 Å². The highest BCUT2D eigenvalue weighted by Gasteiger charge is 2.17. The lowest BCUT2D eigenvalue weighted by atomic mass is 10.3. The molecule has 0 N–H and O–H groups in total. The van der Waals surface area contributed by atoms with E-state index < -0.39 is 0 Å². The van der Waals surface area contributed by atoms with Gasteiger partial charge in [0.2, 0.25) is 0 Å². The van der Waals surface area contributed by atoms with Crippen LogP contribution in [0.25, 0.3) is 0 Å². The standard InChI is InChI=1S/C13H15N3O3/c1-18-7-5-16(9-11-2-6-19-10-11)13(17)12-8-14-3-4-15-12/h2-4,6,8,10H,5,7,9H2,1H3. The van der Waals surface area contributed by atoms with Crippen LogP contribution in [0.2, 0.25) is 0 Å². The molecule has 0 unspecified atom stereocenters. The van der Waals surface area contributed by atoms with Crippen molar-refractivity contribution in [1.29, 1.82) is 0 Å². The van der Waals surface area contributed by atoms with Gasteiger partial charge >= 0.3 is 0 Å². The van der Waals surface area contributed by atoms with Gasteiger partial charge in [0.25, 0.3) is 5.91 Å². The van der Waals surface area contributed by atoms with Crippen LogP contribution in [0.4, 0.5) is 0 Å². The number of nitrogens with zero attached hydrogens (tertiary/aromatic N) is 3. The molecule has 1 amide bonds. The molecule has 6 nitrogen and oxygen atoms in total. The third-order valence-electron chi connectivity index (χ3n) is 2.59.